The number of H-pyrrole nitrogens is 1. The van der Waals surface area contributed by atoms with E-state index in [0.29, 0.717) is 24.3 Å². The van der Waals surface area contributed by atoms with Crippen LogP contribution >= 0.6 is 0 Å². The fourth-order valence-electron chi connectivity index (χ4n) is 6.86. The Kier molecular flexibility index (Phi) is 10.7. The van der Waals surface area contributed by atoms with E-state index >= 15 is 0 Å². The monoisotopic (exact) mass is 626 g/mol. The van der Waals surface area contributed by atoms with Crippen LogP contribution in [-0.4, -0.2) is 58.3 Å². The van der Waals surface area contributed by atoms with Crippen molar-refractivity contribution < 1.29 is 24.3 Å². The topological polar surface area (TPSA) is 140 Å². The van der Waals surface area contributed by atoms with E-state index < -0.39 is 35.9 Å². The molecule has 5 rings (SSSR count). The van der Waals surface area contributed by atoms with Crippen LogP contribution < -0.4 is 16.0 Å². The Balaban J connectivity index is 1.33. The summed E-state index contributed by atoms with van der Waals surface area (Å²) in [6.45, 7) is 4.88. The van der Waals surface area contributed by atoms with Crippen LogP contribution in [0.25, 0.3) is 16.5 Å². The number of amides is 3. The number of Topliss-reactive ketones (excluding diaryl/α,β-unsaturated/α-hetero) is 1. The minimum absolute atomic E-state index is 0.182. The maximum atomic E-state index is 14.0. The number of aliphatic hydroxyl groups is 1. The SMILES string of the molecule is CC1=C(C(=O)N[C@H](C)C(=O)N[C@@H](Cc2c[nH]c3ccccc23)C(=O)N[C@@H](CC2CCCCC2)C(=O)[C@H](C)CO)Cc2ccccc21. The summed E-state index contributed by atoms with van der Waals surface area (Å²) in [7, 11) is 0. The summed E-state index contributed by atoms with van der Waals surface area (Å²) in [5.74, 6) is -1.80. The van der Waals surface area contributed by atoms with Crippen molar-refractivity contribution in [2.24, 2.45) is 11.8 Å². The average Bonchev–Trinajstić information content (AvgIpc) is 3.64. The summed E-state index contributed by atoms with van der Waals surface area (Å²) < 4.78 is 0. The van der Waals surface area contributed by atoms with Gasteiger partial charge in [0, 0.05) is 41.4 Å². The number of carbonyl (C=O) groups is 4. The molecule has 1 fully saturated rings. The Labute approximate surface area is 270 Å². The number of rotatable bonds is 13. The average molecular weight is 627 g/mol. The lowest BCUT2D eigenvalue weighted by molar-refractivity contribution is -0.134. The van der Waals surface area contributed by atoms with Crippen molar-refractivity contribution in [1.82, 2.24) is 20.9 Å². The van der Waals surface area contributed by atoms with E-state index in [2.05, 4.69) is 20.9 Å². The molecule has 0 aliphatic heterocycles. The Hall–Kier alpha value is -4.24. The van der Waals surface area contributed by atoms with Crippen LogP contribution in [-0.2, 0) is 32.0 Å². The molecule has 9 heteroatoms. The van der Waals surface area contributed by atoms with Gasteiger partial charge in [0.1, 0.15) is 12.1 Å². The van der Waals surface area contributed by atoms with Crippen molar-refractivity contribution >= 4 is 40.0 Å². The highest BCUT2D eigenvalue weighted by Gasteiger charge is 2.33. The lowest BCUT2D eigenvalue weighted by atomic mass is 9.82. The standard InChI is InChI=1S/C37H46N4O5/c1-22(21-42)34(43)32(17-25-11-5-4-6-12-25)40-37(46)33(19-27-20-38-31-16-10-9-15-29(27)31)41-35(44)24(3)39-36(45)30-18-26-13-7-8-14-28(26)23(30)2/h7-10,13-16,20,22,24-25,32-33,38,42H,4-6,11-12,17-19,21H2,1-3H3,(H,39,45)(H,40,46)(H,41,44)/t22-,24-,32+,33+/m1/s1. The normalized spacial score (nSPS) is 17.6. The lowest BCUT2D eigenvalue weighted by Gasteiger charge is -2.29. The predicted molar refractivity (Wildman–Crippen MR) is 179 cm³/mol. The number of allylic oxidation sites excluding steroid dienone is 1. The Morgan fingerprint density at radius 2 is 1.59 bits per heavy atom. The molecule has 2 aliphatic carbocycles. The molecule has 3 aromatic rings. The van der Waals surface area contributed by atoms with Gasteiger partial charge < -0.3 is 26.0 Å². The zero-order chi connectivity index (χ0) is 32.8. The summed E-state index contributed by atoms with van der Waals surface area (Å²) in [6, 6.07) is 12.9. The zero-order valence-electron chi connectivity index (χ0n) is 27.0. The van der Waals surface area contributed by atoms with E-state index in [9.17, 15) is 24.3 Å². The van der Waals surface area contributed by atoms with Gasteiger partial charge >= 0.3 is 0 Å². The molecule has 244 valence electrons. The van der Waals surface area contributed by atoms with Crippen molar-refractivity contribution in [2.75, 3.05) is 6.61 Å². The lowest BCUT2D eigenvalue weighted by Crippen LogP contribution is -2.56. The van der Waals surface area contributed by atoms with Crippen LogP contribution in [0.3, 0.4) is 0 Å². The van der Waals surface area contributed by atoms with Gasteiger partial charge in [-0.2, -0.15) is 0 Å². The van der Waals surface area contributed by atoms with E-state index in [1.54, 1.807) is 13.8 Å². The highest BCUT2D eigenvalue weighted by atomic mass is 16.3. The highest BCUT2D eigenvalue weighted by molar-refractivity contribution is 6.05. The molecule has 1 aromatic heterocycles. The fraction of sp³-hybridized carbons (Fsp3) is 0.459. The van der Waals surface area contributed by atoms with Gasteiger partial charge in [0.15, 0.2) is 5.78 Å². The van der Waals surface area contributed by atoms with Gasteiger partial charge in [0.2, 0.25) is 17.7 Å². The predicted octanol–water partition coefficient (Wildman–Crippen LogP) is 4.38. The number of aromatic amines is 1. The van der Waals surface area contributed by atoms with Gasteiger partial charge in [-0.05, 0) is 54.5 Å². The number of nitrogens with one attached hydrogen (secondary N) is 4. The van der Waals surface area contributed by atoms with Crippen molar-refractivity contribution in [3.63, 3.8) is 0 Å². The second-order valence-electron chi connectivity index (χ2n) is 13.0. The summed E-state index contributed by atoms with van der Waals surface area (Å²) in [5, 5.41) is 19.3. The van der Waals surface area contributed by atoms with Gasteiger partial charge in [-0.25, -0.2) is 0 Å². The van der Waals surface area contributed by atoms with Gasteiger partial charge in [0.05, 0.1) is 12.6 Å². The third-order valence-electron chi connectivity index (χ3n) is 9.70. The summed E-state index contributed by atoms with van der Waals surface area (Å²) in [5.41, 5.74) is 5.38. The van der Waals surface area contributed by atoms with Crippen molar-refractivity contribution in [3.8, 4) is 0 Å². The zero-order valence-corrected chi connectivity index (χ0v) is 27.0. The molecule has 5 N–H and O–H groups in total. The third kappa shape index (κ3) is 7.58. The molecule has 0 saturated heterocycles. The van der Waals surface area contributed by atoms with E-state index in [-0.39, 0.29) is 24.7 Å². The smallest absolute Gasteiger partial charge is 0.248 e. The first kappa shape index (κ1) is 33.1. The number of ketones is 1. The minimum atomic E-state index is -1.01. The molecule has 1 saturated carbocycles. The third-order valence-corrected chi connectivity index (χ3v) is 9.70. The summed E-state index contributed by atoms with van der Waals surface area (Å²) in [6.07, 6.45) is 8.38. The number of para-hydroxylation sites is 1. The van der Waals surface area contributed by atoms with Gasteiger partial charge in [-0.15, -0.1) is 0 Å². The molecule has 1 heterocycles. The van der Waals surface area contributed by atoms with Gasteiger partial charge in [-0.3, -0.25) is 19.2 Å². The molecule has 2 aliphatic rings. The Bertz CT molecular complexity index is 1620. The van der Waals surface area contributed by atoms with Crippen LogP contribution in [0.15, 0.2) is 60.3 Å². The molecule has 46 heavy (non-hydrogen) atoms. The van der Waals surface area contributed by atoms with Gasteiger partial charge in [0.25, 0.3) is 0 Å². The molecular formula is C37H46N4O5. The highest BCUT2D eigenvalue weighted by Crippen LogP contribution is 2.32. The molecule has 0 radical (unpaired) electrons. The first-order chi connectivity index (χ1) is 22.2. The Morgan fingerprint density at radius 3 is 2.33 bits per heavy atom. The number of hydrogen-bond donors (Lipinski definition) is 5. The quantitative estimate of drug-likeness (QED) is 0.192. The second-order valence-corrected chi connectivity index (χ2v) is 13.0. The van der Waals surface area contributed by atoms with Gasteiger partial charge in [-0.1, -0.05) is 81.5 Å². The first-order valence-corrected chi connectivity index (χ1v) is 16.6. The summed E-state index contributed by atoms with van der Waals surface area (Å²) >= 11 is 0. The number of carbonyl (C=O) groups excluding carboxylic acids is 4. The Morgan fingerprint density at radius 1 is 0.891 bits per heavy atom. The maximum absolute atomic E-state index is 14.0. The van der Waals surface area contributed by atoms with E-state index in [0.717, 1.165) is 58.8 Å². The van der Waals surface area contributed by atoms with E-state index in [1.165, 1.54) is 6.42 Å². The second kappa shape index (κ2) is 14.9. The van der Waals surface area contributed by atoms with Crippen LogP contribution in [0.1, 0.15) is 76.0 Å². The molecular weight excluding hydrogens is 580 g/mol. The molecule has 9 nitrogen and oxygen atoms in total. The number of hydrogen-bond acceptors (Lipinski definition) is 5. The molecule has 0 spiro atoms. The molecule has 3 amide bonds. The van der Waals surface area contributed by atoms with Crippen LogP contribution in [0.5, 0.6) is 0 Å². The summed E-state index contributed by atoms with van der Waals surface area (Å²) in [4.78, 5) is 57.4. The number of aliphatic hydroxyl groups excluding tert-OH is 1. The molecule has 0 bridgehead atoms. The maximum Gasteiger partial charge on any atom is 0.248 e. The molecule has 4 atom stereocenters. The number of benzene rings is 2. The van der Waals surface area contributed by atoms with E-state index in [4.69, 9.17) is 0 Å². The van der Waals surface area contributed by atoms with Crippen LogP contribution in [0, 0.1) is 11.8 Å². The van der Waals surface area contributed by atoms with Crippen molar-refractivity contribution in [2.45, 2.75) is 90.3 Å². The molecule has 0 unspecified atom stereocenters. The van der Waals surface area contributed by atoms with Crippen LogP contribution in [0.4, 0.5) is 0 Å². The fourth-order valence-corrected chi connectivity index (χ4v) is 6.86. The number of aromatic nitrogens is 1. The number of fused-ring (bicyclic) bond motifs is 2. The molecule has 2 aromatic carbocycles. The minimum Gasteiger partial charge on any atom is -0.396 e. The first-order valence-electron chi connectivity index (χ1n) is 16.6. The largest absolute Gasteiger partial charge is 0.396 e. The van der Waals surface area contributed by atoms with Crippen molar-refractivity contribution in [3.05, 3.63) is 77.0 Å². The van der Waals surface area contributed by atoms with Crippen LogP contribution in [0.2, 0.25) is 0 Å². The van der Waals surface area contributed by atoms with E-state index in [1.807, 2.05) is 61.7 Å². The van der Waals surface area contributed by atoms with Crippen molar-refractivity contribution in [1.29, 1.82) is 0 Å².